The molecular formula is C30H42B2Cl2N2. The van der Waals surface area contributed by atoms with E-state index in [4.69, 9.17) is 22.9 Å². The molecule has 0 amide bonds. The second-order valence-corrected chi connectivity index (χ2v) is 13.1. The molecule has 0 saturated carbocycles. The van der Waals surface area contributed by atoms with E-state index in [0.717, 1.165) is 30.6 Å². The molecule has 5 rings (SSSR count). The van der Waals surface area contributed by atoms with Crippen LogP contribution in [0.1, 0.15) is 71.9 Å². The van der Waals surface area contributed by atoms with E-state index in [1.807, 2.05) is 0 Å². The van der Waals surface area contributed by atoms with E-state index < -0.39 is 5.70 Å². The van der Waals surface area contributed by atoms with Crippen LogP contribution in [-0.4, -0.2) is 47.3 Å². The minimum Gasteiger partial charge on any atom is -0.471 e. The van der Waals surface area contributed by atoms with Gasteiger partial charge in [0, 0.05) is 31.8 Å². The van der Waals surface area contributed by atoms with Gasteiger partial charge in [-0.25, -0.2) is 0 Å². The van der Waals surface area contributed by atoms with Crippen LogP contribution in [0.5, 0.6) is 0 Å². The van der Waals surface area contributed by atoms with E-state index in [2.05, 4.69) is 70.7 Å². The molecule has 1 atom stereocenters. The van der Waals surface area contributed by atoms with Crippen molar-refractivity contribution in [2.24, 2.45) is 0 Å². The molecule has 0 unspecified atom stereocenters. The number of quaternary nitrogens is 1. The van der Waals surface area contributed by atoms with Crippen LogP contribution in [0, 0.1) is 41.5 Å². The first-order valence-electron chi connectivity index (χ1n) is 14.1. The van der Waals surface area contributed by atoms with Crippen LogP contribution >= 0.6 is 22.9 Å². The van der Waals surface area contributed by atoms with Crippen molar-refractivity contribution in [2.75, 3.05) is 26.2 Å². The Hall–Kier alpha value is -1.35. The second-order valence-electron chi connectivity index (χ2n) is 12.1. The van der Waals surface area contributed by atoms with Gasteiger partial charge in [0.1, 0.15) is 0 Å². The molecule has 0 N–H and O–H groups in total. The molecular weight excluding hydrogens is 481 g/mol. The van der Waals surface area contributed by atoms with Crippen LogP contribution in [0.15, 0.2) is 35.5 Å². The Morgan fingerprint density at radius 1 is 0.722 bits per heavy atom. The molecule has 3 heterocycles. The minimum absolute atomic E-state index is 0.152. The summed E-state index contributed by atoms with van der Waals surface area (Å²) in [5, 5.41) is 0. The summed E-state index contributed by atoms with van der Waals surface area (Å²) in [6.07, 6.45) is 7.35. The largest absolute Gasteiger partial charge is 0.471 e. The molecule has 0 aromatic heterocycles. The lowest BCUT2D eigenvalue weighted by Gasteiger charge is -2.72. The molecule has 2 saturated heterocycles. The summed E-state index contributed by atoms with van der Waals surface area (Å²) < 4.78 is 0.874. The Labute approximate surface area is 229 Å². The topological polar surface area (TPSA) is 3.24 Å². The van der Waals surface area contributed by atoms with Gasteiger partial charge in [0.15, 0.2) is 0 Å². The fourth-order valence-electron chi connectivity index (χ4n) is 8.26. The molecule has 0 aliphatic carbocycles. The average Bonchev–Trinajstić information content (AvgIpc) is 2.81. The molecule has 2 aromatic rings. The van der Waals surface area contributed by atoms with Crippen molar-refractivity contribution in [2.45, 2.75) is 80.1 Å². The van der Waals surface area contributed by atoms with E-state index in [-0.39, 0.29) is 6.13 Å². The molecule has 3 aliphatic rings. The summed E-state index contributed by atoms with van der Waals surface area (Å²) in [5.74, 6) is 0. The Morgan fingerprint density at radius 2 is 1.19 bits per heavy atom. The first-order chi connectivity index (χ1) is 17.1. The predicted molar refractivity (Wildman–Crippen MR) is 160 cm³/mol. The predicted octanol–water partition coefficient (Wildman–Crippen LogP) is 6.35. The van der Waals surface area contributed by atoms with E-state index in [1.54, 1.807) is 0 Å². The van der Waals surface area contributed by atoms with Crippen LogP contribution < -0.4 is 10.9 Å². The average molecular weight is 523 g/mol. The Bertz CT molecular complexity index is 1170. The number of hydrogen-bond acceptors (Lipinski definition) is 1. The summed E-state index contributed by atoms with van der Waals surface area (Å²) in [4.78, 5) is 2.65. The number of rotatable bonds is 4. The first-order valence-corrected chi connectivity index (χ1v) is 15.0. The van der Waals surface area contributed by atoms with Crippen LogP contribution in [0.4, 0.5) is 0 Å². The van der Waals surface area contributed by atoms with Gasteiger partial charge >= 0.3 is 11.8 Å². The number of piperidine rings is 2. The quantitative estimate of drug-likeness (QED) is 0.423. The lowest BCUT2D eigenvalue weighted by atomic mass is 9.33. The molecule has 36 heavy (non-hydrogen) atoms. The maximum Gasteiger partial charge on any atom is 0.373 e. The molecule has 2 fully saturated rings. The molecule has 2 nitrogen and oxygen atoms in total. The van der Waals surface area contributed by atoms with Crippen molar-refractivity contribution >= 4 is 45.7 Å². The summed E-state index contributed by atoms with van der Waals surface area (Å²) in [5.41, 5.74) is 11.9. The third-order valence-corrected chi connectivity index (χ3v) is 10.7. The van der Waals surface area contributed by atoms with Crippen molar-refractivity contribution in [3.05, 3.63) is 68.8 Å². The fourth-order valence-corrected chi connectivity index (χ4v) is 9.80. The van der Waals surface area contributed by atoms with Gasteiger partial charge < -0.3 is 20.8 Å². The smallest absolute Gasteiger partial charge is 0.373 e. The highest BCUT2D eigenvalue weighted by Crippen LogP contribution is 2.53. The molecule has 192 valence electrons. The summed E-state index contributed by atoms with van der Waals surface area (Å²) in [7, 11) is 0. The molecule has 2 aromatic carbocycles. The van der Waals surface area contributed by atoms with Gasteiger partial charge in [-0.05, 0) is 91.1 Å². The second kappa shape index (κ2) is 9.75. The normalized spacial score (nSPS) is 23.7. The number of aryl methyl sites for hydroxylation is 6. The molecule has 0 bridgehead atoms. The first kappa shape index (κ1) is 26.3. The van der Waals surface area contributed by atoms with E-state index in [9.17, 15) is 0 Å². The maximum absolute atomic E-state index is 8.24. The molecule has 0 radical (unpaired) electrons. The number of hydrogen-bond donors (Lipinski definition) is 0. The van der Waals surface area contributed by atoms with Crippen molar-refractivity contribution in [1.82, 2.24) is 4.90 Å². The highest BCUT2D eigenvalue weighted by Gasteiger charge is 2.65. The fraction of sp³-hybridized carbons (Fsp3) is 0.533. The highest BCUT2D eigenvalue weighted by molar-refractivity contribution is 7.31. The van der Waals surface area contributed by atoms with Gasteiger partial charge in [0.2, 0.25) is 0 Å². The number of nitrogens with zero attached hydrogens (tertiary/aromatic N) is 2. The number of halogens is 2. The van der Waals surface area contributed by atoms with E-state index in [0.29, 0.717) is 0 Å². The van der Waals surface area contributed by atoms with E-state index in [1.165, 1.54) is 94.0 Å². The number of likely N-dealkylation sites (tertiary alicyclic amines) is 1. The standard InChI is InChI=1S/C30H42B2Cl2N2/c1-21-17-23(3)27(24(4)18-21)31(33)29-30(35-13-9-7-10-14-35)32(34,36(29)15-11-8-12-16-36)28-25(5)19-22(2)20-26(28)6/h17-20H,7-16H2,1-6H3/t32-/m0/s1. The third-order valence-electron chi connectivity index (χ3n) is 9.45. The molecule has 6 heteroatoms. The lowest BCUT2D eigenvalue weighted by Crippen LogP contribution is -2.84. The Morgan fingerprint density at radius 3 is 1.72 bits per heavy atom. The van der Waals surface area contributed by atoms with Gasteiger partial charge in [-0.3, -0.25) is 0 Å². The van der Waals surface area contributed by atoms with Crippen molar-refractivity contribution in [3.63, 3.8) is 0 Å². The van der Waals surface area contributed by atoms with Crippen molar-refractivity contribution < 1.29 is 4.39 Å². The minimum atomic E-state index is -1.50. The zero-order valence-electron chi connectivity index (χ0n) is 23.2. The SMILES string of the molecule is Cc1cc(C)c(B(Cl)C2=C(N3CCCCC3)[B@-](Cl)(c3c(C)cc(C)cc3C)[N+]23CCCCC3)c(C)c1. The number of benzene rings is 2. The zero-order valence-corrected chi connectivity index (χ0v) is 24.7. The van der Waals surface area contributed by atoms with Crippen LogP contribution in [0.3, 0.4) is 0 Å². The van der Waals surface area contributed by atoms with Crippen LogP contribution in [0.25, 0.3) is 0 Å². The van der Waals surface area contributed by atoms with Crippen LogP contribution in [0.2, 0.25) is 0 Å². The third kappa shape index (κ3) is 3.89. The summed E-state index contributed by atoms with van der Waals surface area (Å²) in [6, 6.07) is 9.27. The molecule has 1 spiro atoms. The van der Waals surface area contributed by atoms with Gasteiger partial charge in [0.05, 0.1) is 0 Å². The monoisotopic (exact) mass is 522 g/mol. The van der Waals surface area contributed by atoms with Crippen molar-refractivity contribution in [1.29, 1.82) is 0 Å². The highest BCUT2D eigenvalue weighted by atomic mass is 35.5. The van der Waals surface area contributed by atoms with Gasteiger partial charge in [0.25, 0.3) is 0 Å². The van der Waals surface area contributed by atoms with Gasteiger partial charge in [-0.15, -0.1) is 5.46 Å². The maximum atomic E-state index is 8.24. The van der Waals surface area contributed by atoms with E-state index >= 15 is 0 Å². The molecule has 3 aliphatic heterocycles. The summed E-state index contributed by atoms with van der Waals surface area (Å²) in [6.45, 7) is 17.8. The lowest BCUT2D eigenvalue weighted by molar-refractivity contribution is -0.801. The van der Waals surface area contributed by atoms with Crippen LogP contribution in [-0.2, 0) is 0 Å². The Balaban J connectivity index is 1.80. The zero-order chi connectivity index (χ0) is 25.8. The van der Waals surface area contributed by atoms with Gasteiger partial charge in [-0.1, -0.05) is 57.6 Å². The van der Waals surface area contributed by atoms with Gasteiger partial charge in [-0.2, -0.15) is 11.5 Å². The Kier molecular flexibility index (Phi) is 7.11. The van der Waals surface area contributed by atoms with Crippen molar-refractivity contribution in [3.8, 4) is 0 Å². The summed E-state index contributed by atoms with van der Waals surface area (Å²) >= 11 is 15.9.